The number of rotatable bonds is 5. The second-order valence-electron chi connectivity index (χ2n) is 8.37. The number of amides is 1. The van der Waals surface area contributed by atoms with Gasteiger partial charge in [-0.2, -0.15) is 0 Å². The topological polar surface area (TPSA) is 55.6 Å². The quantitative estimate of drug-likeness (QED) is 0.423. The number of benzene rings is 2. The van der Waals surface area contributed by atoms with Crippen molar-refractivity contribution in [2.75, 3.05) is 17.2 Å². The highest BCUT2D eigenvalue weighted by atomic mass is 16.5. The van der Waals surface area contributed by atoms with Gasteiger partial charge in [0.2, 0.25) is 0 Å². The molecule has 0 bridgehead atoms. The number of hydrogen-bond donors (Lipinski definition) is 1. The van der Waals surface area contributed by atoms with E-state index in [2.05, 4.69) is 39.8 Å². The Balaban J connectivity index is 1.92. The molecule has 3 rings (SSSR count). The van der Waals surface area contributed by atoms with Crippen molar-refractivity contribution < 1.29 is 9.53 Å². The standard InChI is InChI=1S/C24H30N2O2/c1-5-6-7-14-26-20-16-19(25)12-13-21(20)28-22(23(26)27)15-17-8-10-18(11-9-17)24(2,3)4/h8-13,15-16H,5-7,14,25H2,1-4H3/b22-15+. The third-order valence-corrected chi connectivity index (χ3v) is 5.01. The smallest absolute Gasteiger partial charge is 0.294 e. The molecule has 0 saturated carbocycles. The Hall–Kier alpha value is -2.75. The number of anilines is 2. The van der Waals surface area contributed by atoms with Crippen LogP contribution in [0, 0.1) is 0 Å². The van der Waals surface area contributed by atoms with E-state index in [0.717, 1.165) is 30.5 Å². The van der Waals surface area contributed by atoms with Crippen LogP contribution in [0.25, 0.3) is 6.08 Å². The van der Waals surface area contributed by atoms with Gasteiger partial charge in [0.1, 0.15) is 0 Å². The van der Waals surface area contributed by atoms with Crippen molar-refractivity contribution in [1.29, 1.82) is 0 Å². The second kappa shape index (κ2) is 8.09. The van der Waals surface area contributed by atoms with E-state index in [1.807, 2.05) is 30.3 Å². The van der Waals surface area contributed by atoms with Gasteiger partial charge in [-0.15, -0.1) is 0 Å². The summed E-state index contributed by atoms with van der Waals surface area (Å²) in [5, 5.41) is 0. The van der Waals surface area contributed by atoms with Crippen LogP contribution in [0.15, 0.2) is 48.2 Å². The summed E-state index contributed by atoms with van der Waals surface area (Å²) in [5.74, 6) is 0.897. The van der Waals surface area contributed by atoms with Crippen molar-refractivity contribution in [3.8, 4) is 5.75 Å². The Kier molecular flexibility index (Phi) is 5.78. The van der Waals surface area contributed by atoms with Crippen molar-refractivity contribution in [2.24, 2.45) is 0 Å². The van der Waals surface area contributed by atoms with Crippen LogP contribution < -0.4 is 15.4 Å². The second-order valence-corrected chi connectivity index (χ2v) is 8.37. The van der Waals surface area contributed by atoms with Gasteiger partial charge in [0.15, 0.2) is 11.5 Å². The Morgan fingerprint density at radius 1 is 1.07 bits per heavy atom. The van der Waals surface area contributed by atoms with Gasteiger partial charge in [-0.05, 0) is 47.2 Å². The zero-order valence-corrected chi connectivity index (χ0v) is 17.3. The van der Waals surface area contributed by atoms with E-state index in [4.69, 9.17) is 10.5 Å². The zero-order chi connectivity index (χ0) is 20.3. The molecule has 1 aliphatic heterocycles. The highest BCUT2D eigenvalue weighted by molar-refractivity contribution is 6.10. The number of nitrogens with zero attached hydrogens (tertiary/aromatic N) is 1. The normalized spacial score (nSPS) is 15.5. The lowest BCUT2D eigenvalue weighted by Crippen LogP contribution is -2.38. The molecular weight excluding hydrogens is 348 g/mol. The number of ether oxygens (including phenoxy) is 1. The largest absolute Gasteiger partial charge is 0.449 e. The van der Waals surface area contributed by atoms with E-state index >= 15 is 0 Å². The highest BCUT2D eigenvalue weighted by Gasteiger charge is 2.30. The number of nitrogen functional groups attached to an aromatic ring is 1. The minimum Gasteiger partial charge on any atom is -0.449 e. The molecule has 0 radical (unpaired) electrons. The van der Waals surface area contributed by atoms with E-state index < -0.39 is 0 Å². The van der Waals surface area contributed by atoms with Crippen LogP contribution in [-0.2, 0) is 10.2 Å². The van der Waals surface area contributed by atoms with Crippen LogP contribution in [0.4, 0.5) is 11.4 Å². The molecule has 0 aromatic heterocycles. The molecule has 0 atom stereocenters. The number of carbonyl (C=O) groups is 1. The molecule has 4 heteroatoms. The molecule has 1 aliphatic rings. The van der Waals surface area contributed by atoms with E-state index in [9.17, 15) is 4.79 Å². The van der Waals surface area contributed by atoms with Crippen molar-refractivity contribution in [2.45, 2.75) is 52.4 Å². The molecule has 2 aromatic carbocycles. The zero-order valence-electron chi connectivity index (χ0n) is 17.3. The maximum absolute atomic E-state index is 13.1. The minimum absolute atomic E-state index is 0.0950. The van der Waals surface area contributed by atoms with Gasteiger partial charge in [-0.1, -0.05) is 64.8 Å². The van der Waals surface area contributed by atoms with Crippen molar-refractivity contribution in [3.63, 3.8) is 0 Å². The van der Waals surface area contributed by atoms with Crippen LogP contribution in [-0.4, -0.2) is 12.5 Å². The molecule has 0 spiro atoms. The summed E-state index contributed by atoms with van der Waals surface area (Å²) in [6.45, 7) is 9.37. The average molecular weight is 379 g/mol. The fraction of sp³-hybridized carbons (Fsp3) is 0.375. The number of unbranched alkanes of at least 4 members (excludes halogenated alkanes) is 2. The molecule has 148 valence electrons. The van der Waals surface area contributed by atoms with E-state index in [0.29, 0.717) is 23.7 Å². The molecule has 2 aromatic rings. The lowest BCUT2D eigenvalue weighted by molar-refractivity contribution is -0.117. The monoisotopic (exact) mass is 378 g/mol. The van der Waals surface area contributed by atoms with E-state index in [1.54, 1.807) is 11.0 Å². The summed E-state index contributed by atoms with van der Waals surface area (Å²) in [7, 11) is 0. The van der Waals surface area contributed by atoms with Crippen LogP contribution in [0.5, 0.6) is 5.75 Å². The van der Waals surface area contributed by atoms with E-state index in [1.165, 1.54) is 5.56 Å². The Morgan fingerprint density at radius 2 is 1.79 bits per heavy atom. The third kappa shape index (κ3) is 4.38. The maximum Gasteiger partial charge on any atom is 0.294 e. The summed E-state index contributed by atoms with van der Waals surface area (Å²) in [4.78, 5) is 14.9. The third-order valence-electron chi connectivity index (χ3n) is 5.01. The highest BCUT2D eigenvalue weighted by Crippen LogP contribution is 2.37. The first-order chi connectivity index (χ1) is 13.3. The molecule has 2 N–H and O–H groups in total. The van der Waals surface area contributed by atoms with Gasteiger partial charge in [-0.3, -0.25) is 4.79 Å². The molecule has 4 nitrogen and oxygen atoms in total. The van der Waals surface area contributed by atoms with Crippen LogP contribution in [0.3, 0.4) is 0 Å². The molecule has 0 unspecified atom stereocenters. The Bertz CT molecular complexity index is 876. The van der Waals surface area contributed by atoms with Crippen molar-refractivity contribution in [3.05, 3.63) is 59.4 Å². The summed E-state index contributed by atoms with van der Waals surface area (Å²) in [5.41, 5.74) is 9.62. The number of carbonyl (C=O) groups excluding carboxylic acids is 1. The van der Waals surface area contributed by atoms with Crippen molar-refractivity contribution >= 4 is 23.4 Å². The summed E-state index contributed by atoms with van der Waals surface area (Å²) in [6, 6.07) is 13.7. The van der Waals surface area contributed by atoms with Gasteiger partial charge >= 0.3 is 0 Å². The first-order valence-electron chi connectivity index (χ1n) is 10.0. The van der Waals surface area contributed by atoms with Gasteiger partial charge in [0.25, 0.3) is 5.91 Å². The van der Waals surface area contributed by atoms with E-state index in [-0.39, 0.29) is 11.3 Å². The summed E-state index contributed by atoms with van der Waals surface area (Å²) < 4.78 is 5.95. The summed E-state index contributed by atoms with van der Waals surface area (Å²) >= 11 is 0. The predicted molar refractivity (Wildman–Crippen MR) is 116 cm³/mol. The fourth-order valence-corrected chi connectivity index (χ4v) is 3.30. The fourth-order valence-electron chi connectivity index (χ4n) is 3.30. The average Bonchev–Trinajstić information content (AvgIpc) is 2.65. The predicted octanol–water partition coefficient (Wildman–Crippen LogP) is 5.52. The molecule has 1 heterocycles. The van der Waals surface area contributed by atoms with Gasteiger partial charge in [-0.25, -0.2) is 0 Å². The molecule has 1 amide bonds. The molecule has 0 aliphatic carbocycles. The van der Waals surface area contributed by atoms with Gasteiger partial charge in [0.05, 0.1) is 5.69 Å². The van der Waals surface area contributed by atoms with Crippen LogP contribution >= 0.6 is 0 Å². The Labute approximate surface area is 168 Å². The number of hydrogen-bond acceptors (Lipinski definition) is 3. The summed E-state index contributed by atoms with van der Waals surface area (Å²) in [6.07, 6.45) is 4.95. The number of nitrogens with two attached hydrogens (primary N) is 1. The SMILES string of the molecule is CCCCCN1C(=O)/C(=C\c2ccc(C(C)(C)C)cc2)Oc2ccc(N)cc21. The van der Waals surface area contributed by atoms with Crippen molar-refractivity contribution in [1.82, 2.24) is 0 Å². The lowest BCUT2D eigenvalue weighted by Gasteiger charge is -2.31. The maximum atomic E-state index is 13.1. The minimum atomic E-state index is -0.117. The molecule has 28 heavy (non-hydrogen) atoms. The molecular formula is C24H30N2O2. The van der Waals surface area contributed by atoms with Gasteiger partial charge < -0.3 is 15.4 Å². The lowest BCUT2D eigenvalue weighted by atomic mass is 9.87. The molecule has 0 fully saturated rings. The van der Waals surface area contributed by atoms with Crippen LogP contribution in [0.2, 0.25) is 0 Å². The van der Waals surface area contributed by atoms with Crippen LogP contribution in [0.1, 0.15) is 58.1 Å². The van der Waals surface area contributed by atoms with Gasteiger partial charge in [0, 0.05) is 12.2 Å². The number of fused-ring (bicyclic) bond motifs is 1. The Morgan fingerprint density at radius 3 is 2.43 bits per heavy atom. The first-order valence-corrected chi connectivity index (χ1v) is 10.0. The first kappa shape index (κ1) is 20.0. The molecule has 0 saturated heterocycles.